The lowest BCUT2D eigenvalue weighted by Crippen LogP contribution is -1.99. The molecule has 0 atom stereocenters. The van der Waals surface area contributed by atoms with Crippen LogP contribution in [0.4, 0.5) is 0 Å². The molecule has 2 rings (SSSR count). The highest BCUT2D eigenvalue weighted by Gasteiger charge is 1.99. The highest BCUT2D eigenvalue weighted by Crippen LogP contribution is 2.17. The number of ether oxygens (including phenoxy) is 2. The SMILES string of the molecule is C=CCOC(=O)/C=C/c1cccc(OCc2ccc(Cl)cc2)c1. The number of carbonyl (C=O) groups is 1. The molecule has 0 aliphatic rings. The van der Waals surface area contributed by atoms with E-state index in [9.17, 15) is 4.79 Å². The zero-order valence-corrected chi connectivity index (χ0v) is 13.3. The third-order valence-electron chi connectivity index (χ3n) is 2.93. The fraction of sp³-hybridized carbons (Fsp3) is 0.105. The van der Waals surface area contributed by atoms with Gasteiger partial charge in [-0.25, -0.2) is 4.79 Å². The summed E-state index contributed by atoms with van der Waals surface area (Å²) >= 11 is 5.85. The molecule has 0 saturated carbocycles. The topological polar surface area (TPSA) is 35.5 Å². The van der Waals surface area contributed by atoms with E-state index in [0.717, 1.165) is 16.9 Å². The zero-order valence-electron chi connectivity index (χ0n) is 12.6. The van der Waals surface area contributed by atoms with Crippen molar-refractivity contribution < 1.29 is 14.3 Å². The number of carbonyl (C=O) groups excluding carboxylic acids is 1. The summed E-state index contributed by atoms with van der Waals surface area (Å²) in [6, 6.07) is 15.0. The Morgan fingerprint density at radius 1 is 1.17 bits per heavy atom. The minimum atomic E-state index is -0.405. The maximum absolute atomic E-state index is 11.4. The zero-order chi connectivity index (χ0) is 16.5. The van der Waals surface area contributed by atoms with Gasteiger partial charge in [0.1, 0.15) is 19.0 Å². The molecule has 0 amide bonds. The van der Waals surface area contributed by atoms with Gasteiger partial charge < -0.3 is 9.47 Å². The third-order valence-corrected chi connectivity index (χ3v) is 3.18. The van der Waals surface area contributed by atoms with E-state index in [1.807, 2.05) is 48.5 Å². The normalized spacial score (nSPS) is 10.5. The molecule has 2 aromatic rings. The molecule has 3 nitrogen and oxygen atoms in total. The van der Waals surface area contributed by atoms with E-state index in [-0.39, 0.29) is 6.61 Å². The first-order valence-corrected chi connectivity index (χ1v) is 7.48. The van der Waals surface area contributed by atoms with Crippen molar-refractivity contribution in [3.05, 3.63) is 83.4 Å². The van der Waals surface area contributed by atoms with Crippen LogP contribution < -0.4 is 4.74 Å². The van der Waals surface area contributed by atoms with Gasteiger partial charge in [0, 0.05) is 11.1 Å². The molecule has 4 heteroatoms. The average Bonchev–Trinajstić information content (AvgIpc) is 2.58. The van der Waals surface area contributed by atoms with Gasteiger partial charge in [-0.15, -0.1) is 0 Å². The Morgan fingerprint density at radius 2 is 1.96 bits per heavy atom. The third kappa shape index (κ3) is 6.01. The molecule has 0 spiro atoms. The molecular formula is C19H17ClO3. The van der Waals surface area contributed by atoms with E-state index in [0.29, 0.717) is 11.6 Å². The van der Waals surface area contributed by atoms with Crippen LogP contribution >= 0.6 is 11.6 Å². The Morgan fingerprint density at radius 3 is 2.70 bits per heavy atom. The summed E-state index contributed by atoms with van der Waals surface area (Å²) in [6.07, 6.45) is 4.58. The number of halogens is 1. The lowest BCUT2D eigenvalue weighted by Gasteiger charge is -2.07. The van der Waals surface area contributed by atoms with Crippen LogP contribution in [-0.4, -0.2) is 12.6 Å². The molecule has 0 radical (unpaired) electrons. The summed E-state index contributed by atoms with van der Waals surface area (Å²) in [6.45, 7) is 4.14. The summed E-state index contributed by atoms with van der Waals surface area (Å²) < 4.78 is 10.6. The van der Waals surface area contributed by atoms with Gasteiger partial charge >= 0.3 is 5.97 Å². The summed E-state index contributed by atoms with van der Waals surface area (Å²) in [4.78, 5) is 11.4. The van der Waals surface area contributed by atoms with Crippen LogP contribution in [0.3, 0.4) is 0 Å². The lowest BCUT2D eigenvalue weighted by molar-refractivity contribution is -0.136. The number of hydrogen-bond acceptors (Lipinski definition) is 3. The smallest absolute Gasteiger partial charge is 0.331 e. The summed E-state index contributed by atoms with van der Waals surface area (Å²) in [7, 11) is 0. The molecule has 118 valence electrons. The minimum Gasteiger partial charge on any atom is -0.489 e. The Balaban J connectivity index is 1.93. The second-order valence-corrected chi connectivity index (χ2v) is 5.18. The van der Waals surface area contributed by atoms with Gasteiger partial charge in [0.2, 0.25) is 0 Å². The van der Waals surface area contributed by atoms with Crippen LogP contribution in [0, 0.1) is 0 Å². The van der Waals surface area contributed by atoms with Crippen molar-refractivity contribution in [2.75, 3.05) is 6.61 Å². The monoisotopic (exact) mass is 328 g/mol. The molecule has 0 aliphatic heterocycles. The van der Waals surface area contributed by atoms with Crippen LogP contribution in [0.15, 0.2) is 67.3 Å². The standard InChI is InChI=1S/C19H17ClO3/c1-2-12-22-19(21)11-8-15-4-3-5-18(13-15)23-14-16-6-9-17(20)10-7-16/h2-11,13H,1,12,14H2/b11-8+. The van der Waals surface area contributed by atoms with Gasteiger partial charge in [0.05, 0.1) is 0 Å². The van der Waals surface area contributed by atoms with Crippen LogP contribution in [0.5, 0.6) is 5.75 Å². The molecule has 2 aromatic carbocycles. The predicted octanol–water partition coefficient (Wildman–Crippen LogP) is 4.66. The Hall–Kier alpha value is -2.52. The molecule has 23 heavy (non-hydrogen) atoms. The molecule has 0 bridgehead atoms. The van der Waals surface area contributed by atoms with Gasteiger partial charge in [-0.2, -0.15) is 0 Å². The predicted molar refractivity (Wildman–Crippen MR) is 92.4 cm³/mol. The van der Waals surface area contributed by atoms with E-state index >= 15 is 0 Å². The first-order valence-electron chi connectivity index (χ1n) is 7.10. The first-order chi connectivity index (χ1) is 11.2. The number of hydrogen-bond donors (Lipinski definition) is 0. The lowest BCUT2D eigenvalue weighted by atomic mass is 10.2. The minimum absolute atomic E-state index is 0.202. The second-order valence-electron chi connectivity index (χ2n) is 4.74. The summed E-state index contributed by atoms with van der Waals surface area (Å²) in [5.41, 5.74) is 1.89. The summed E-state index contributed by atoms with van der Waals surface area (Å²) in [5.74, 6) is 0.318. The molecule has 0 N–H and O–H groups in total. The quantitative estimate of drug-likeness (QED) is 0.421. The maximum atomic E-state index is 11.4. The molecule has 0 heterocycles. The Kier molecular flexibility index (Phi) is 6.45. The fourth-order valence-corrected chi connectivity index (χ4v) is 1.93. The van der Waals surface area contributed by atoms with Crippen molar-refractivity contribution >= 4 is 23.6 Å². The molecular weight excluding hydrogens is 312 g/mol. The first kappa shape index (κ1) is 16.8. The van der Waals surface area contributed by atoms with Crippen LogP contribution in [0.1, 0.15) is 11.1 Å². The van der Waals surface area contributed by atoms with Crippen molar-refractivity contribution in [2.24, 2.45) is 0 Å². The highest BCUT2D eigenvalue weighted by molar-refractivity contribution is 6.30. The van der Waals surface area contributed by atoms with Gasteiger partial charge in [-0.05, 0) is 41.5 Å². The average molecular weight is 329 g/mol. The molecule has 0 fully saturated rings. The highest BCUT2D eigenvalue weighted by atomic mass is 35.5. The van der Waals surface area contributed by atoms with Crippen molar-refractivity contribution in [1.29, 1.82) is 0 Å². The van der Waals surface area contributed by atoms with E-state index in [2.05, 4.69) is 6.58 Å². The Bertz CT molecular complexity index is 690. The van der Waals surface area contributed by atoms with Crippen molar-refractivity contribution in [3.8, 4) is 5.75 Å². The van der Waals surface area contributed by atoms with E-state index in [4.69, 9.17) is 21.1 Å². The van der Waals surface area contributed by atoms with E-state index < -0.39 is 5.97 Å². The van der Waals surface area contributed by atoms with Gasteiger partial charge in [0.25, 0.3) is 0 Å². The van der Waals surface area contributed by atoms with Crippen LogP contribution in [-0.2, 0) is 16.1 Å². The number of rotatable bonds is 7. The van der Waals surface area contributed by atoms with Gasteiger partial charge in [0.15, 0.2) is 0 Å². The van der Waals surface area contributed by atoms with E-state index in [1.54, 1.807) is 6.08 Å². The van der Waals surface area contributed by atoms with Gasteiger partial charge in [-0.1, -0.05) is 48.5 Å². The molecule has 0 aromatic heterocycles. The molecule has 0 unspecified atom stereocenters. The van der Waals surface area contributed by atoms with Gasteiger partial charge in [-0.3, -0.25) is 0 Å². The van der Waals surface area contributed by atoms with Crippen LogP contribution in [0.25, 0.3) is 6.08 Å². The van der Waals surface area contributed by atoms with Crippen LogP contribution in [0.2, 0.25) is 5.02 Å². The van der Waals surface area contributed by atoms with Crippen molar-refractivity contribution in [2.45, 2.75) is 6.61 Å². The Labute approximate surface area is 140 Å². The maximum Gasteiger partial charge on any atom is 0.331 e. The fourth-order valence-electron chi connectivity index (χ4n) is 1.81. The second kappa shape index (κ2) is 8.81. The number of benzene rings is 2. The van der Waals surface area contributed by atoms with Crippen molar-refractivity contribution in [1.82, 2.24) is 0 Å². The summed E-state index contributed by atoms with van der Waals surface area (Å²) in [5, 5.41) is 0.698. The largest absolute Gasteiger partial charge is 0.489 e. The number of esters is 1. The molecule has 0 saturated heterocycles. The van der Waals surface area contributed by atoms with Crippen molar-refractivity contribution in [3.63, 3.8) is 0 Å². The van der Waals surface area contributed by atoms with E-state index in [1.165, 1.54) is 12.2 Å². The molecule has 0 aliphatic carbocycles.